The first kappa shape index (κ1) is 36.7. The van der Waals surface area contributed by atoms with E-state index >= 15 is 0 Å². The maximum atomic E-state index is 12.7. The monoisotopic (exact) mass is 668 g/mol. The van der Waals surface area contributed by atoms with Gasteiger partial charge in [0.1, 0.15) is 28.7 Å². The van der Waals surface area contributed by atoms with Gasteiger partial charge in [0.2, 0.25) is 0 Å². The van der Waals surface area contributed by atoms with E-state index in [9.17, 15) is 14.4 Å². The normalized spacial score (nSPS) is 10.7. The van der Waals surface area contributed by atoms with Crippen LogP contribution in [-0.2, 0) is 0 Å². The van der Waals surface area contributed by atoms with Gasteiger partial charge in [0.25, 0.3) is 0 Å². The van der Waals surface area contributed by atoms with Gasteiger partial charge in [-0.1, -0.05) is 39.0 Å². The Hall–Kier alpha value is -5.15. The van der Waals surface area contributed by atoms with E-state index in [1.165, 1.54) is 67.8 Å². The fourth-order valence-electron chi connectivity index (χ4n) is 4.76. The summed E-state index contributed by atoms with van der Waals surface area (Å²) in [5.74, 6) is 0.554. The lowest BCUT2D eigenvalue weighted by atomic mass is 10.2. The van der Waals surface area contributed by atoms with E-state index in [-0.39, 0.29) is 23.7 Å². The zero-order valence-electron chi connectivity index (χ0n) is 27.9. The third kappa shape index (κ3) is 12.8. The predicted octanol–water partition coefficient (Wildman–Crippen LogP) is 8.62. The molecular formula is C40H44O9. The van der Waals surface area contributed by atoms with Gasteiger partial charge in [-0.2, -0.15) is 0 Å². The van der Waals surface area contributed by atoms with Crippen LogP contribution in [0.1, 0.15) is 95.8 Å². The van der Waals surface area contributed by atoms with E-state index in [2.05, 4.69) is 6.92 Å². The molecule has 0 amide bonds. The molecule has 258 valence electrons. The van der Waals surface area contributed by atoms with E-state index in [0.29, 0.717) is 41.6 Å². The lowest BCUT2D eigenvalue weighted by Crippen LogP contribution is -2.10. The van der Waals surface area contributed by atoms with Crippen molar-refractivity contribution in [3.05, 3.63) is 114 Å². The minimum atomic E-state index is -0.601. The molecule has 1 N–H and O–H groups in total. The molecule has 9 heteroatoms. The molecule has 0 saturated carbocycles. The SMILES string of the molecule is CCCCCCCOc1ccc(C(=O)Oc2ccc(C(=O)Oc3ccc(OC(=O)c4ccc(OCCCCCCO)cc4)cc3)cc2)cc1. The molecule has 4 rings (SSSR count). The number of carbonyl (C=O) groups is 3. The van der Waals surface area contributed by atoms with Crippen LogP contribution in [-0.4, -0.2) is 42.8 Å². The largest absolute Gasteiger partial charge is 0.494 e. The van der Waals surface area contributed by atoms with Gasteiger partial charge >= 0.3 is 17.9 Å². The summed E-state index contributed by atoms with van der Waals surface area (Å²) < 4.78 is 27.8. The molecule has 0 aliphatic heterocycles. The van der Waals surface area contributed by atoms with Crippen molar-refractivity contribution in [3.8, 4) is 28.7 Å². The number of rotatable bonds is 20. The average Bonchev–Trinajstić information content (AvgIpc) is 3.13. The molecule has 49 heavy (non-hydrogen) atoms. The Kier molecular flexibility index (Phi) is 15.2. The Morgan fingerprint density at radius 1 is 0.429 bits per heavy atom. The molecule has 0 heterocycles. The van der Waals surface area contributed by atoms with Gasteiger partial charge in [0, 0.05) is 6.61 Å². The van der Waals surface area contributed by atoms with Gasteiger partial charge < -0.3 is 28.8 Å². The Balaban J connectivity index is 1.19. The van der Waals surface area contributed by atoms with E-state index in [1.807, 2.05) is 0 Å². The number of hydrogen-bond donors (Lipinski definition) is 1. The van der Waals surface area contributed by atoms with Crippen molar-refractivity contribution in [1.29, 1.82) is 0 Å². The minimum Gasteiger partial charge on any atom is -0.494 e. The lowest BCUT2D eigenvalue weighted by molar-refractivity contribution is 0.0718. The highest BCUT2D eigenvalue weighted by Gasteiger charge is 2.13. The number of ether oxygens (including phenoxy) is 5. The second-order valence-corrected chi connectivity index (χ2v) is 11.5. The average molecular weight is 669 g/mol. The van der Waals surface area contributed by atoms with E-state index in [4.69, 9.17) is 28.8 Å². The van der Waals surface area contributed by atoms with Crippen molar-refractivity contribution in [2.24, 2.45) is 0 Å². The molecule has 0 fully saturated rings. The lowest BCUT2D eigenvalue weighted by Gasteiger charge is -2.09. The van der Waals surface area contributed by atoms with Crippen LogP contribution in [0.4, 0.5) is 0 Å². The number of hydrogen-bond acceptors (Lipinski definition) is 9. The first-order valence-electron chi connectivity index (χ1n) is 16.9. The van der Waals surface area contributed by atoms with E-state index in [0.717, 1.165) is 38.5 Å². The highest BCUT2D eigenvalue weighted by atomic mass is 16.5. The van der Waals surface area contributed by atoms with Gasteiger partial charge in [0.15, 0.2) is 0 Å². The van der Waals surface area contributed by atoms with Crippen LogP contribution in [0.25, 0.3) is 0 Å². The predicted molar refractivity (Wildman–Crippen MR) is 186 cm³/mol. The van der Waals surface area contributed by atoms with Gasteiger partial charge in [-0.15, -0.1) is 0 Å². The van der Waals surface area contributed by atoms with Crippen LogP contribution >= 0.6 is 0 Å². The number of carbonyl (C=O) groups excluding carboxylic acids is 3. The van der Waals surface area contributed by atoms with Crippen LogP contribution < -0.4 is 23.7 Å². The fourth-order valence-corrected chi connectivity index (χ4v) is 4.76. The summed E-state index contributed by atoms with van der Waals surface area (Å²) in [5.41, 5.74) is 1.01. The van der Waals surface area contributed by atoms with Gasteiger partial charge in [-0.25, -0.2) is 14.4 Å². The molecular weight excluding hydrogens is 624 g/mol. The van der Waals surface area contributed by atoms with Gasteiger partial charge in [-0.3, -0.25) is 0 Å². The van der Waals surface area contributed by atoms with Crippen molar-refractivity contribution in [2.75, 3.05) is 19.8 Å². The van der Waals surface area contributed by atoms with Crippen LogP contribution in [0.5, 0.6) is 28.7 Å². The van der Waals surface area contributed by atoms with Gasteiger partial charge in [-0.05, 0) is 123 Å². The summed E-state index contributed by atoms with van der Waals surface area (Å²) in [7, 11) is 0. The first-order valence-corrected chi connectivity index (χ1v) is 16.9. The molecule has 4 aromatic rings. The Labute approximate surface area is 287 Å². The molecule has 0 unspecified atom stereocenters. The van der Waals surface area contributed by atoms with Crippen molar-refractivity contribution < 1.29 is 43.2 Å². The highest BCUT2D eigenvalue weighted by molar-refractivity contribution is 5.93. The number of unbranched alkanes of at least 4 members (excludes halogenated alkanes) is 7. The zero-order valence-corrected chi connectivity index (χ0v) is 27.9. The summed E-state index contributed by atoms with van der Waals surface area (Å²) in [6.45, 7) is 3.61. The maximum absolute atomic E-state index is 12.7. The van der Waals surface area contributed by atoms with Crippen LogP contribution in [0.15, 0.2) is 97.1 Å². The molecule has 0 atom stereocenters. The van der Waals surface area contributed by atoms with Crippen LogP contribution in [0, 0.1) is 0 Å². The number of benzene rings is 4. The number of esters is 3. The quantitative estimate of drug-likeness (QED) is 0.0561. The van der Waals surface area contributed by atoms with Gasteiger partial charge in [0.05, 0.1) is 29.9 Å². The fraction of sp³-hybridized carbons (Fsp3) is 0.325. The summed E-state index contributed by atoms with van der Waals surface area (Å²) in [4.78, 5) is 37.9. The molecule has 0 saturated heterocycles. The standard InChI is InChI=1S/C40H44O9/c1-2-3-4-6-9-28-45-33-17-11-30(12-18-33)38(42)47-35-21-15-32(16-22-35)40(44)49-37-25-23-36(24-26-37)48-39(43)31-13-19-34(20-14-31)46-29-10-7-5-8-27-41/h11-26,41H,2-10,27-29H2,1H3. The summed E-state index contributed by atoms with van der Waals surface area (Å²) in [6, 6.07) is 25.7. The Bertz CT molecular complexity index is 1580. The van der Waals surface area contributed by atoms with Crippen LogP contribution in [0.3, 0.4) is 0 Å². The first-order chi connectivity index (χ1) is 23.9. The topological polar surface area (TPSA) is 118 Å². The molecule has 4 aromatic carbocycles. The molecule has 0 aromatic heterocycles. The molecule has 9 nitrogen and oxygen atoms in total. The summed E-state index contributed by atoms with van der Waals surface area (Å²) >= 11 is 0. The molecule has 0 aliphatic carbocycles. The third-order valence-electron chi connectivity index (χ3n) is 7.56. The Morgan fingerprint density at radius 3 is 1.08 bits per heavy atom. The number of aliphatic hydroxyl groups is 1. The second-order valence-electron chi connectivity index (χ2n) is 11.5. The number of aliphatic hydroxyl groups excluding tert-OH is 1. The van der Waals surface area contributed by atoms with Crippen molar-refractivity contribution in [2.45, 2.75) is 64.7 Å². The highest BCUT2D eigenvalue weighted by Crippen LogP contribution is 2.22. The second kappa shape index (κ2) is 20.3. The third-order valence-corrected chi connectivity index (χ3v) is 7.56. The molecule has 0 spiro atoms. The maximum Gasteiger partial charge on any atom is 0.343 e. The van der Waals surface area contributed by atoms with Crippen molar-refractivity contribution >= 4 is 17.9 Å². The molecule has 0 bridgehead atoms. The Morgan fingerprint density at radius 2 is 0.735 bits per heavy atom. The summed E-state index contributed by atoms with van der Waals surface area (Å²) in [5, 5.41) is 8.83. The smallest absolute Gasteiger partial charge is 0.343 e. The summed E-state index contributed by atoms with van der Waals surface area (Å²) in [6.07, 6.45) is 9.45. The van der Waals surface area contributed by atoms with E-state index < -0.39 is 17.9 Å². The minimum absolute atomic E-state index is 0.210. The van der Waals surface area contributed by atoms with Crippen LogP contribution in [0.2, 0.25) is 0 Å². The van der Waals surface area contributed by atoms with Crippen molar-refractivity contribution in [3.63, 3.8) is 0 Å². The molecule has 0 radical (unpaired) electrons. The zero-order chi connectivity index (χ0) is 34.7. The van der Waals surface area contributed by atoms with Crippen molar-refractivity contribution in [1.82, 2.24) is 0 Å². The molecule has 0 aliphatic rings. The van der Waals surface area contributed by atoms with E-state index in [1.54, 1.807) is 48.5 Å².